The lowest BCUT2D eigenvalue weighted by atomic mass is 10.2. The van der Waals surface area contributed by atoms with Crippen molar-refractivity contribution in [3.63, 3.8) is 0 Å². The number of benzene rings is 2. The van der Waals surface area contributed by atoms with E-state index in [1.165, 1.54) is 0 Å². The number of halogens is 1. The largest absolute Gasteiger partial charge is 0.489 e. The molecule has 0 saturated heterocycles. The highest BCUT2D eigenvalue weighted by Gasteiger charge is 2.08. The third kappa shape index (κ3) is 5.49. The van der Waals surface area contributed by atoms with E-state index in [-0.39, 0.29) is 18.6 Å². The zero-order valence-corrected chi connectivity index (χ0v) is 14.2. The van der Waals surface area contributed by atoms with Crippen LogP contribution in [0.1, 0.15) is 19.4 Å². The standard InChI is InChI=1S/C18H20ClNO3/c1-12(2)23-17-9-6-14(10-16(17)19)20-18(21)11-22-15-7-4-13(3)5-8-15/h4-10,12H,11H2,1-3H3,(H,20,21). The molecule has 2 aromatic carbocycles. The van der Waals surface area contributed by atoms with Crippen molar-refractivity contribution in [2.24, 2.45) is 0 Å². The van der Waals surface area contributed by atoms with Crippen molar-refractivity contribution < 1.29 is 14.3 Å². The molecule has 5 heteroatoms. The Balaban J connectivity index is 1.89. The van der Waals surface area contributed by atoms with Gasteiger partial charge in [-0.3, -0.25) is 4.79 Å². The Kier molecular flexibility index (Phi) is 5.88. The molecule has 0 aliphatic heterocycles. The van der Waals surface area contributed by atoms with Crippen LogP contribution in [0.2, 0.25) is 5.02 Å². The Hall–Kier alpha value is -2.20. The molecule has 2 rings (SSSR count). The fourth-order valence-electron chi connectivity index (χ4n) is 1.91. The van der Waals surface area contributed by atoms with Gasteiger partial charge in [-0.1, -0.05) is 29.3 Å². The van der Waals surface area contributed by atoms with Crippen LogP contribution in [0.25, 0.3) is 0 Å². The Morgan fingerprint density at radius 1 is 1.17 bits per heavy atom. The van der Waals surface area contributed by atoms with Crippen LogP contribution >= 0.6 is 11.6 Å². The number of ether oxygens (including phenoxy) is 2. The molecule has 23 heavy (non-hydrogen) atoms. The molecule has 0 aliphatic carbocycles. The van der Waals surface area contributed by atoms with Crippen LogP contribution in [0.5, 0.6) is 11.5 Å². The van der Waals surface area contributed by atoms with Crippen LogP contribution in [0.4, 0.5) is 5.69 Å². The lowest BCUT2D eigenvalue weighted by Crippen LogP contribution is -2.20. The van der Waals surface area contributed by atoms with E-state index in [2.05, 4.69) is 5.32 Å². The van der Waals surface area contributed by atoms with Crippen molar-refractivity contribution in [1.29, 1.82) is 0 Å². The van der Waals surface area contributed by atoms with E-state index in [4.69, 9.17) is 21.1 Å². The zero-order chi connectivity index (χ0) is 16.8. The van der Waals surface area contributed by atoms with Crippen LogP contribution in [0, 0.1) is 6.92 Å². The number of hydrogen-bond acceptors (Lipinski definition) is 3. The van der Waals surface area contributed by atoms with Gasteiger partial charge in [-0.05, 0) is 51.1 Å². The molecule has 4 nitrogen and oxygen atoms in total. The second-order valence-corrected chi connectivity index (χ2v) is 5.87. The van der Waals surface area contributed by atoms with Crippen LogP contribution in [-0.2, 0) is 4.79 Å². The number of amides is 1. The second kappa shape index (κ2) is 7.88. The highest BCUT2D eigenvalue weighted by Crippen LogP contribution is 2.28. The maximum Gasteiger partial charge on any atom is 0.262 e. The molecule has 2 aromatic rings. The zero-order valence-electron chi connectivity index (χ0n) is 13.4. The van der Waals surface area contributed by atoms with Crippen LogP contribution < -0.4 is 14.8 Å². The Bertz CT molecular complexity index is 668. The maximum atomic E-state index is 11.9. The average Bonchev–Trinajstić information content (AvgIpc) is 2.49. The lowest BCUT2D eigenvalue weighted by Gasteiger charge is -2.13. The molecule has 0 bridgehead atoms. The van der Waals surface area contributed by atoms with E-state index in [9.17, 15) is 4.79 Å². The first-order valence-electron chi connectivity index (χ1n) is 7.39. The highest BCUT2D eigenvalue weighted by atomic mass is 35.5. The van der Waals surface area contributed by atoms with E-state index in [1.807, 2.05) is 45.0 Å². The molecule has 0 atom stereocenters. The van der Waals surface area contributed by atoms with Gasteiger partial charge in [0.2, 0.25) is 0 Å². The Morgan fingerprint density at radius 3 is 2.48 bits per heavy atom. The summed E-state index contributed by atoms with van der Waals surface area (Å²) in [7, 11) is 0. The number of hydrogen-bond donors (Lipinski definition) is 1. The summed E-state index contributed by atoms with van der Waals surface area (Å²) in [4.78, 5) is 11.9. The minimum Gasteiger partial charge on any atom is -0.489 e. The van der Waals surface area contributed by atoms with Gasteiger partial charge in [0.25, 0.3) is 5.91 Å². The highest BCUT2D eigenvalue weighted by molar-refractivity contribution is 6.32. The first-order chi connectivity index (χ1) is 10.9. The van der Waals surface area contributed by atoms with Crippen molar-refractivity contribution in [3.8, 4) is 11.5 Å². The molecular weight excluding hydrogens is 314 g/mol. The SMILES string of the molecule is Cc1ccc(OCC(=O)Nc2ccc(OC(C)C)c(Cl)c2)cc1. The van der Waals surface area contributed by atoms with Gasteiger partial charge in [0.1, 0.15) is 11.5 Å². The van der Waals surface area contributed by atoms with Gasteiger partial charge < -0.3 is 14.8 Å². The van der Waals surface area contributed by atoms with Crippen LogP contribution in [-0.4, -0.2) is 18.6 Å². The third-order valence-electron chi connectivity index (χ3n) is 2.97. The van der Waals surface area contributed by atoms with Gasteiger partial charge >= 0.3 is 0 Å². The molecule has 0 spiro atoms. The van der Waals surface area contributed by atoms with E-state index >= 15 is 0 Å². The van der Waals surface area contributed by atoms with E-state index in [0.29, 0.717) is 22.2 Å². The molecule has 1 amide bonds. The quantitative estimate of drug-likeness (QED) is 0.849. The predicted molar refractivity (Wildman–Crippen MR) is 92.5 cm³/mol. The van der Waals surface area contributed by atoms with Gasteiger partial charge in [-0.15, -0.1) is 0 Å². The third-order valence-corrected chi connectivity index (χ3v) is 3.26. The van der Waals surface area contributed by atoms with Gasteiger partial charge in [0, 0.05) is 5.69 Å². The average molecular weight is 334 g/mol. The van der Waals surface area contributed by atoms with Crippen molar-refractivity contribution >= 4 is 23.2 Å². The fourth-order valence-corrected chi connectivity index (χ4v) is 2.13. The van der Waals surface area contributed by atoms with Gasteiger partial charge in [0.05, 0.1) is 11.1 Å². The van der Waals surface area contributed by atoms with Crippen molar-refractivity contribution in [2.45, 2.75) is 26.9 Å². The monoisotopic (exact) mass is 333 g/mol. The van der Waals surface area contributed by atoms with Gasteiger partial charge in [0.15, 0.2) is 6.61 Å². The molecule has 0 saturated carbocycles. The summed E-state index contributed by atoms with van der Waals surface area (Å²) in [6, 6.07) is 12.7. The molecule has 0 radical (unpaired) electrons. The first kappa shape index (κ1) is 17.2. The summed E-state index contributed by atoms with van der Waals surface area (Å²) >= 11 is 6.14. The molecule has 0 aromatic heterocycles. The molecule has 0 heterocycles. The van der Waals surface area contributed by atoms with E-state index in [0.717, 1.165) is 5.56 Å². The molecule has 122 valence electrons. The topological polar surface area (TPSA) is 47.6 Å². The maximum absolute atomic E-state index is 11.9. The number of aryl methyl sites for hydroxylation is 1. The van der Waals surface area contributed by atoms with Crippen molar-refractivity contribution in [2.75, 3.05) is 11.9 Å². The summed E-state index contributed by atoms with van der Waals surface area (Å²) < 4.78 is 11.0. The summed E-state index contributed by atoms with van der Waals surface area (Å²) in [6.07, 6.45) is 0.0378. The minimum atomic E-state index is -0.251. The number of anilines is 1. The summed E-state index contributed by atoms with van der Waals surface area (Å²) in [5.41, 5.74) is 1.74. The predicted octanol–water partition coefficient (Wildman–Crippen LogP) is 4.45. The number of carbonyl (C=O) groups is 1. The van der Waals surface area contributed by atoms with Gasteiger partial charge in [-0.2, -0.15) is 0 Å². The smallest absolute Gasteiger partial charge is 0.262 e. The molecule has 0 fully saturated rings. The normalized spacial score (nSPS) is 10.5. The minimum absolute atomic E-state index is 0.0378. The molecule has 1 N–H and O–H groups in total. The molecule has 0 unspecified atom stereocenters. The summed E-state index contributed by atoms with van der Waals surface area (Å²) in [5, 5.41) is 3.20. The summed E-state index contributed by atoms with van der Waals surface area (Å²) in [6.45, 7) is 5.78. The van der Waals surface area contributed by atoms with Crippen molar-refractivity contribution in [1.82, 2.24) is 0 Å². The molecular formula is C18H20ClNO3. The second-order valence-electron chi connectivity index (χ2n) is 5.46. The van der Waals surface area contributed by atoms with Crippen LogP contribution in [0.3, 0.4) is 0 Å². The van der Waals surface area contributed by atoms with Crippen LogP contribution in [0.15, 0.2) is 42.5 Å². The van der Waals surface area contributed by atoms with E-state index < -0.39 is 0 Å². The van der Waals surface area contributed by atoms with E-state index in [1.54, 1.807) is 18.2 Å². The van der Waals surface area contributed by atoms with Crippen molar-refractivity contribution in [3.05, 3.63) is 53.1 Å². The number of nitrogens with one attached hydrogen (secondary N) is 1. The lowest BCUT2D eigenvalue weighted by molar-refractivity contribution is -0.118. The molecule has 0 aliphatic rings. The Labute approximate surface area is 141 Å². The number of rotatable bonds is 6. The van der Waals surface area contributed by atoms with Gasteiger partial charge in [-0.25, -0.2) is 0 Å². The summed E-state index contributed by atoms with van der Waals surface area (Å²) in [5.74, 6) is 0.999. The number of carbonyl (C=O) groups excluding carboxylic acids is 1. The fraction of sp³-hybridized carbons (Fsp3) is 0.278. The Morgan fingerprint density at radius 2 is 1.87 bits per heavy atom. The first-order valence-corrected chi connectivity index (χ1v) is 7.77.